The molecule has 0 saturated heterocycles. The predicted octanol–water partition coefficient (Wildman–Crippen LogP) is 6.42. The van der Waals surface area contributed by atoms with Crippen LogP contribution in [0.25, 0.3) is 24.3 Å². The number of carbonyl (C=O) groups excluding carboxylic acids is 1. The van der Waals surface area contributed by atoms with Crippen LogP contribution in [0.2, 0.25) is 0 Å². The lowest BCUT2D eigenvalue weighted by molar-refractivity contribution is 0.103. The summed E-state index contributed by atoms with van der Waals surface area (Å²) < 4.78 is 0. The Bertz CT molecular complexity index is 1190. The highest BCUT2D eigenvalue weighted by molar-refractivity contribution is 6.13. The molecule has 0 heterocycles. The molecule has 3 nitrogen and oxygen atoms in total. The van der Waals surface area contributed by atoms with Gasteiger partial charge in [-0.05, 0) is 58.7 Å². The number of nitrogen functional groups attached to an aromatic ring is 2. The van der Waals surface area contributed by atoms with Gasteiger partial charge in [0, 0.05) is 22.5 Å². The zero-order valence-electron chi connectivity index (χ0n) is 17.6. The molecule has 4 aromatic rings. The van der Waals surface area contributed by atoms with Gasteiger partial charge in [0.15, 0.2) is 5.78 Å². The van der Waals surface area contributed by atoms with Crippen LogP contribution >= 0.6 is 0 Å². The first-order valence-corrected chi connectivity index (χ1v) is 10.4. The highest BCUT2D eigenvalue weighted by Crippen LogP contribution is 2.24. The Morgan fingerprint density at radius 1 is 0.531 bits per heavy atom. The normalized spacial score (nSPS) is 11.2. The molecule has 0 radical (unpaired) electrons. The fourth-order valence-corrected chi connectivity index (χ4v) is 3.50. The van der Waals surface area contributed by atoms with Crippen molar-refractivity contribution in [2.45, 2.75) is 0 Å². The topological polar surface area (TPSA) is 69.1 Å². The molecule has 0 aromatic heterocycles. The van der Waals surface area contributed by atoms with Crippen molar-refractivity contribution in [2.24, 2.45) is 0 Å². The Morgan fingerprint density at radius 3 is 1.34 bits per heavy atom. The van der Waals surface area contributed by atoms with Crippen molar-refractivity contribution in [1.82, 2.24) is 0 Å². The summed E-state index contributed by atoms with van der Waals surface area (Å²) in [4.78, 5) is 13.6. The van der Waals surface area contributed by atoms with Crippen LogP contribution < -0.4 is 11.5 Å². The Kier molecular flexibility index (Phi) is 6.28. The van der Waals surface area contributed by atoms with Crippen molar-refractivity contribution in [1.29, 1.82) is 0 Å². The standard InChI is InChI=1S/C29H24N2O/c30-25-15-17-27(23(19-25)13-11-21-7-3-1-4-8-21)29(32)28-18-16-26(31)20-24(28)14-12-22-9-5-2-6-10-22/h1-20H,30-31H2. The van der Waals surface area contributed by atoms with E-state index in [1.807, 2.05) is 97.1 Å². The molecule has 32 heavy (non-hydrogen) atoms. The lowest BCUT2D eigenvalue weighted by atomic mass is 9.93. The molecule has 4 rings (SSSR count). The second-order valence-electron chi connectivity index (χ2n) is 7.51. The summed E-state index contributed by atoms with van der Waals surface area (Å²) >= 11 is 0. The summed E-state index contributed by atoms with van der Waals surface area (Å²) in [5.74, 6) is -0.0783. The van der Waals surface area contributed by atoms with Gasteiger partial charge in [-0.15, -0.1) is 0 Å². The van der Waals surface area contributed by atoms with Crippen molar-refractivity contribution in [3.05, 3.63) is 130 Å². The van der Waals surface area contributed by atoms with E-state index in [1.165, 1.54) is 0 Å². The Labute approximate surface area is 188 Å². The van der Waals surface area contributed by atoms with E-state index >= 15 is 0 Å². The van der Waals surface area contributed by atoms with Gasteiger partial charge in [-0.3, -0.25) is 4.79 Å². The third kappa shape index (κ3) is 5.02. The van der Waals surface area contributed by atoms with Gasteiger partial charge in [0.1, 0.15) is 0 Å². The first kappa shape index (κ1) is 20.9. The van der Waals surface area contributed by atoms with Crippen LogP contribution in [-0.4, -0.2) is 5.78 Å². The molecule has 0 aliphatic heterocycles. The number of ketones is 1. The number of nitrogens with two attached hydrogens (primary N) is 2. The molecule has 0 atom stereocenters. The van der Waals surface area contributed by atoms with Gasteiger partial charge in [0.2, 0.25) is 0 Å². The highest BCUT2D eigenvalue weighted by atomic mass is 16.1. The molecular formula is C29H24N2O. The molecular weight excluding hydrogens is 392 g/mol. The fourth-order valence-electron chi connectivity index (χ4n) is 3.50. The van der Waals surface area contributed by atoms with Gasteiger partial charge in [0.25, 0.3) is 0 Å². The highest BCUT2D eigenvalue weighted by Gasteiger charge is 2.16. The van der Waals surface area contributed by atoms with E-state index in [-0.39, 0.29) is 5.78 Å². The Hall–Kier alpha value is -4.37. The van der Waals surface area contributed by atoms with Gasteiger partial charge >= 0.3 is 0 Å². The maximum absolute atomic E-state index is 13.6. The average molecular weight is 417 g/mol. The smallest absolute Gasteiger partial charge is 0.194 e. The maximum Gasteiger partial charge on any atom is 0.194 e. The zero-order valence-corrected chi connectivity index (χ0v) is 17.6. The molecule has 0 unspecified atom stereocenters. The minimum absolute atomic E-state index is 0.0783. The van der Waals surface area contributed by atoms with Gasteiger partial charge < -0.3 is 11.5 Å². The van der Waals surface area contributed by atoms with Gasteiger partial charge in [-0.2, -0.15) is 0 Å². The predicted molar refractivity (Wildman–Crippen MR) is 136 cm³/mol. The molecule has 4 aromatic carbocycles. The van der Waals surface area contributed by atoms with E-state index < -0.39 is 0 Å². The largest absolute Gasteiger partial charge is 0.399 e. The number of hydrogen-bond donors (Lipinski definition) is 2. The molecule has 0 spiro atoms. The first-order valence-electron chi connectivity index (χ1n) is 10.4. The zero-order chi connectivity index (χ0) is 22.3. The lowest BCUT2D eigenvalue weighted by Gasteiger charge is -2.10. The summed E-state index contributed by atoms with van der Waals surface area (Å²) in [6.07, 6.45) is 7.81. The Morgan fingerprint density at radius 2 is 0.938 bits per heavy atom. The van der Waals surface area contributed by atoms with Crippen molar-refractivity contribution < 1.29 is 4.79 Å². The first-order chi connectivity index (χ1) is 15.6. The van der Waals surface area contributed by atoms with Crippen molar-refractivity contribution in [3.8, 4) is 0 Å². The molecule has 0 aliphatic carbocycles. The molecule has 0 fully saturated rings. The quantitative estimate of drug-likeness (QED) is 0.216. The maximum atomic E-state index is 13.6. The molecule has 156 valence electrons. The van der Waals surface area contributed by atoms with Crippen LogP contribution in [0.4, 0.5) is 11.4 Å². The van der Waals surface area contributed by atoms with Gasteiger partial charge in [-0.25, -0.2) is 0 Å². The summed E-state index contributed by atoms with van der Waals surface area (Å²) in [6, 6.07) is 30.6. The summed E-state index contributed by atoms with van der Waals surface area (Å²) in [5, 5.41) is 0. The van der Waals surface area contributed by atoms with Crippen LogP contribution in [0.3, 0.4) is 0 Å². The minimum atomic E-state index is -0.0783. The summed E-state index contributed by atoms with van der Waals surface area (Å²) in [6.45, 7) is 0. The Balaban J connectivity index is 1.72. The summed E-state index contributed by atoms with van der Waals surface area (Å²) in [7, 11) is 0. The molecule has 3 heteroatoms. The van der Waals surface area contributed by atoms with Gasteiger partial charge in [-0.1, -0.05) is 85.0 Å². The molecule has 0 aliphatic rings. The molecule has 4 N–H and O–H groups in total. The van der Waals surface area contributed by atoms with E-state index in [4.69, 9.17) is 11.5 Å². The van der Waals surface area contributed by atoms with Crippen molar-refractivity contribution in [3.63, 3.8) is 0 Å². The number of rotatable bonds is 6. The van der Waals surface area contributed by atoms with Crippen molar-refractivity contribution in [2.75, 3.05) is 11.5 Å². The van der Waals surface area contributed by atoms with E-state index in [0.29, 0.717) is 22.5 Å². The second-order valence-corrected chi connectivity index (χ2v) is 7.51. The molecule has 0 bridgehead atoms. The third-order valence-corrected chi connectivity index (χ3v) is 5.15. The SMILES string of the molecule is Nc1ccc(C(=O)c2ccc(N)cc2C=Cc2ccccc2)c(C=Cc2ccccc2)c1. The van der Waals surface area contributed by atoms with E-state index in [0.717, 1.165) is 22.3 Å². The van der Waals surface area contributed by atoms with Crippen LogP contribution in [-0.2, 0) is 0 Å². The number of carbonyl (C=O) groups is 1. The van der Waals surface area contributed by atoms with Gasteiger partial charge in [0.05, 0.1) is 0 Å². The van der Waals surface area contributed by atoms with E-state index in [1.54, 1.807) is 24.3 Å². The molecule has 0 saturated carbocycles. The second kappa shape index (κ2) is 9.63. The number of hydrogen-bond acceptors (Lipinski definition) is 3. The minimum Gasteiger partial charge on any atom is -0.399 e. The van der Waals surface area contributed by atoms with E-state index in [9.17, 15) is 4.79 Å². The average Bonchev–Trinajstić information content (AvgIpc) is 2.82. The number of benzene rings is 4. The van der Waals surface area contributed by atoms with Crippen LogP contribution in [0.5, 0.6) is 0 Å². The number of anilines is 2. The summed E-state index contributed by atoms with van der Waals surface area (Å²) in [5.41, 5.74) is 18.1. The fraction of sp³-hybridized carbons (Fsp3) is 0. The van der Waals surface area contributed by atoms with Crippen molar-refractivity contribution >= 4 is 41.5 Å². The molecule has 0 amide bonds. The third-order valence-electron chi connectivity index (χ3n) is 5.15. The monoisotopic (exact) mass is 416 g/mol. The van der Waals surface area contributed by atoms with Crippen LogP contribution in [0, 0.1) is 0 Å². The van der Waals surface area contributed by atoms with E-state index in [2.05, 4.69) is 0 Å². The van der Waals surface area contributed by atoms with Crippen LogP contribution in [0.1, 0.15) is 38.2 Å². The lowest BCUT2D eigenvalue weighted by Crippen LogP contribution is -2.07. The van der Waals surface area contributed by atoms with Crippen LogP contribution in [0.15, 0.2) is 97.1 Å².